The first kappa shape index (κ1) is 11.8. The second-order valence-electron chi connectivity index (χ2n) is 3.61. The topological polar surface area (TPSA) is 73.3 Å². The van der Waals surface area contributed by atoms with Gasteiger partial charge in [0.15, 0.2) is 4.83 Å². The van der Waals surface area contributed by atoms with Gasteiger partial charge in [0.05, 0.1) is 6.54 Å². The van der Waals surface area contributed by atoms with E-state index < -0.39 is 16.8 Å². The Balaban J connectivity index is 2.18. The van der Waals surface area contributed by atoms with Crippen LogP contribution in [-0.2, 0) is 11.3 Å². The molecule has 1 fully saturated rings. The van der Waals surface area contributed by atoms with E-state index >= 15 is 0 Å². The number of carbonyl (C=O) groups excluding carboxylic acids is 2. The van der Waals surface area contributed by atoms with Crippen LogP contribution < -0.4 is 5.32 Å². The minimum Gasteiger partial charge on any atom is -0.287 e. The fraction of sp³-hybridized carbons (Fsp3) is 0.182. The molecule has 88 valence electrons. The van der Waals surface area contributed by atoms with Gasteiger partial charge in [0.25, 0.3) is 0 Å². The average molecular weight is 296 g/mol. The third kappa shape index (κ3) is 2.36. The Morgan fingerprint density at radius 1 is 1.29 bits per heavy atom. The summed E-state index contributed by atoms with van der Waals surface area (Å²) in [6.45, 7) is 0.279. The van der Waals surface area contributed by atoms with Crippen LogP contribution >= 0.6 is 15.9 Å². The van der Waals surface area contributed by atoms with Crippen molar-refractivity contribution in [3.8, 4) is 0 Å². The molecule has 0 aliphatic carbocycles. The maximum absolute atomic E-state index is 11.6. The number of hydrogen-bond donors (Lipinski definition) is 2. The molecule has 1 unspecified atom stereocenters. The van der Waals surface area contributed by atoms with Crippen LogP contribution in [0.5, 0.6) is 0 Å². The summed E-state index contributed by atoms with van der Waals surface area (Å²) in [5.41, 5.74) is 0.904. The Labute approximate surface area is 106 Å². The van der Waals surface area contributed by atoms with Gasteiger partial charge in [0.1, 0.15) is 5.84 Å². The van der Waals surface area contributed by atoms with Crippen molar-refractivity contribution in [3.63, 3.8) is 0 Å². The summed E-state index contributed by atoms with van der Waals surface area (Å²) in [6, 6.07) is 8.76. The molecule has 3 amide bonds. The quantitative estimate of drug-likeness (QED) is 0.811. The molecule has 1 atom stereocenters. The summed E-state index contributed by atoms with van der Waals surface area (Å²) in [5, 5.41) is 9.95. The predicted molar refractivity (Wildman–Crippen MR) is 66.0 cm³/mol. The number of urea groups is 1. The molecular formula is C11H10BrN3O2. The van der Waals surface area contributed by atoms with Crippen LogP contribution in [-0.4, -0.2) is 27.5 Å². The first-order valence-electron chi connectivity index (χ1n) is 4.98. The monoisotopic (exact) mass is 295 g/mol. The van der Waals surface area contributed by atoms with E-state index in [9.17, 15) is 9.59 Å². The molecule has 1 saturated heterocycles. The number of halogens is 1. The summed E-state index contributed by atoms with van der Waals surface area (Å²) in [4.78, 5) is 23.3. The van der Waals surface area contributed by atoms with Crippen molar-refractivity contribution in [2.75, 3.05) is 0 Å². The van der Waals surface area contributed by atoms with Gasteiger partial charge in [-0.25, -0.2) is 4.79 Å². The highest BCUT2D eigenvalue weighted by Crippen LogP contribution is 2.14. The number of hydrogen-bond acceptors (Lipinski definition) is 3. The number of imide groups is 1. The highest BCUT2D eigenvalue weighted by atomic mass is 79.9. The fourth-order valence-corrected chi connectivity index (χ4v) is 1.89. The smallest absolute Gasteiger partial charge is 0.287 e. The molecule has 0 bridgehead atoms. The molecule has 0 saturated carbocycles. The molecule has 1 aliphatic heterocycles. The van der Waals surface area contributed by atoms with E-state index in [1.807, 2.05) is 30.3 Å². The zero-order valence-corrected chi connectivity index (χ0v) is 10.4. The van der Waals surface area contributed by atoms with Gasteiger partial charge in [-0.05, 0) is 5.56 Å². The highest BCUT2D eigenvalue weighted by Gasteiger charge is 2.35. The number of carbonyl (C=O) groups is 2. The second kappa shape index (κ2) is 4.67. The first-order chi connectivity index (χ1) is 8.09. The Morgan fingerprint density at radius 3 is 2.59 bits per heavy atom. The summed E-state index contributed by atoms with van der Waals surface area (Å²) < 4.78 is 0. The maximum Gasteiger partial charge on any atom is 0.329 e. The largest absolute Gasteiger partial charge is 0.329 e. The van der Waals surface area contributed by atoms with Crippen molar-refractivity contribution in [2.45, 2.75) is 11.4 Å². The van der Waals surface area contributed by atoms with Gasteiger partial charge in [0, 0.05) is 0 Å². The number of alkyl halides is 1. The SMILES string of the molecule is N=C1C(Br)C(=O)NC(=O)N1Cc1ccccc1. The Bertz CT molecular complexity index is 475. The lowest BCUT2D eigenvalue weighted by Crippen LogP contribution is -2.57. The van der Waals surface area contributed by atoms with Crippen molar-refractivity contribution in [1.29, 1.82) is 5.41 Å². The molecule has 2 N–H and O–H groups in total. The lowest BCUT2D eigenvalue weighted by molar-refractivity contribution is -0.119. The van der Waals surface area contributed by atoms with Gasteiger partial charge >= 0.3 is 6.03 Å². The third-order valence-electron chi connectivity index (χ3n) is 2.42. The Morgan fingerprint density at radius 2 is 1.94 bits per heavy atom. The lowest BCUT2D eigenvalue weighted by atomic mass is 10.2. The van der Waals surface area contributed by atoms with Gasteiger partial charge in [-0.3, -0.25) is 20.4 Å². The van der Waals surface area contributed by atoms with Crippen LogP contribution in [0, 0.1) is 5.41 Å². The number of nitrogens with one attached hydrogen (secondary N) is 2. The third-order valence-corrected chi connectivity index (χ3v) is 3.27. The average Bonchev–Trinajstić information content (AvgIpc) is 2.33. The normalized spacial score (nSPS) is 20.4. The number of amides is 3. The molecule has 17 heavy (non-hydrogen) atoms. The van der Waals surface area contributed by atoms with Crippen molar-refractivity contribution in [3.05, 3.63) is 35.9 Å². The molecule has 6 heteroatoms. The van der Waals surface area contributed by atoms with Crippen LogP contribution in [0.15, 0.2) is 30.3 Å². The first-order valence-corrected chi connectivity index (χ1v) is 5.90. The summed E-state index contributed by atoms with van der Waals surface area (Å²) in [6.07, 6.45) is 0. The van der Waals surface area contributed by atoms with Gasteiger partial charge in [-0.1, -0.05) is 46.3 Å². The maximum atomic E-state index is 11.6. The number of rotatable bonds is 2. The van der Waals surface area contributed by atoms with Crippen molar-refractivity contribution in [2.24, 2.45) is 0 Å². The van der Waals surface area contributed by atoms with Crippen LogP contribution in [0.3, 0.4) is 0 Å². The standard InChI is InChI=1S/C11H10BrN3O2/c12-8-9(13)15(11(17)14-10(8)16)6-7-4-2-1-3-5-7/h1-5,8,13H,6H2,(H,14,16,17). The van der Waals surface area contributed by atoms with Crippen LogP contribution in [0.4, 0.5) is 4.79 Å². The lowest BCUT2D eigenvalue weighted by Gasteiger charge is -2.30. The van der Waals surface area contributed by atoms with Crippen LogP contribution in [0.25, 0.3) is 0 Å². The Hall–Kier alpha value is -1.69. The Kier molecular flexibility index (Phi) is 3.23. The van der Waals surface area contributed by atoms with Crippen molar-refractivity contribution >= 4 is 33.7 Å². The molecule has 5 nitrogen and oxygen atoms in total. The van der Waals surface area contributed by atoms with E-state index in [0.29, 0.717) is 0 Å². The molecule has 2 rings (SSSR count). The molecule has 1 heterocycles. The van der Waals surface area contributed by atoms with Gasteiger partial charge in [-0.2, -0.15) is 0 Å². The number of benzene rings is 1. The summed E-state index contributed by atoms with van der Waals surface area (Å²) in [7, 11) is 0. The van der Waals surface area contributed by atoms with E-state index in [1.165, 1.54) is 4.90 Å². The molecule has 1 aromatic rings. The second-order valence-corrected chi connectivity index (χ2v) is 4.53. The summed E-state index contributed by atoms with van der Waals surface area (Å²) >= 11 is 3.07. The highest BCUT2D eigenvalue weighted by molar-refractivity contribution is 9.10. The fourth-order valence-electron chi connectivity index (χ4n) is 1.53. The molecule has 0 aromatic heterocycles. The van der Waals surface area contributed by atoms with Crippen molar-refractivity contribution < 1.29 is 9.59 Å². The van der Waals surface area contributed by atoms with Crippen LogP contribution in [0.1, 0.15) is 5.56 Å². The van der Waals surface area contributed by atoms with E-state index in [-0.39, 0.29) is 12.4 Å². The summed E-state index contributed by atoms with van der Waals surface area (Å²) in [5.74, 6) is -0.535. The molecule has 1 aromatic carbocycles. The minimum absolute atomic E-state index is 0.0393. The van der Waals surface area contributed by atoms with E-state index in [4.69, 9.17) is 5.41 Å². The van der Waals surface area contributed by atoms with Gasteiger partial charge in [0.2, 0.25) is 5.91 Å². The van der Waals surface area contributed by atoms with Crippen LogP contribution in [0.2, 0.25) is 0 Å². The zero-order valence-electron chi connectivity index (χ0n) is 8.81. The van der Waals surface area contributed by atoms with E-state index in [1.54, 1.807) is 0 Å². The van der Waals surface area contributed by atoms with E-state index in [0.717, 1.165) is 5.56 Å². The molecule has 1 aliphatic rings. The molecular weight excluding hydrogens is 286 g/mol. The van der Waals surface area contributed by atoms with Crippen molar-refractivity contribution in [1.82, 2.24) is 10.2 Å². The predicted octanol–water partition coefficient (Wildman–Crippen LogP) is 1.48. The van der Waals surface area contributed by atoms with E-state index in [2.05, 4.69) is 21.2 Å². The number of amidine groups is 1. The van der Waals surface area contributed by atoms with Gasteiger partial charge < -0.3 is 0 Å². The molecule has 0 spiro atoms. The zero-order chi connectivity index (χ0) is 12.4. The minimum atomic E-state index is -0.774. The van der Waals surface area contributed by atoms with Gasteiger partial charge in [-0.15, -0.1) is 0 Å². The molecule has 0 radical (unpaired) electrons. The number of nitrogens with zero attached hydrogens (tertiary/aromatic N) is 1.